The van der Waals surface area contributed by atoms with Crippen LogP contribution in [0.1, 0.15) is 10.4 Å². The first kappa shape index (κ1) is 15.9. The number of carbonyl (C=O) groups excluding carboxylic acids is 1. The number of halogens is 1. The molecule has 0 bridgehead atoms. The number of hydrogen-bond acceptors (Lipinski definition) is 5. The normalized spacial score (nSPS) is 10.8. The second kappa shape index (κ2) is 6.66. The summed E-state index contributed by atoms with van der Waals surface area (Å²) in [6.07, 6.45) is 5.19. The van der Waals surface area contributed by atoms with E-state index < -0.39 is 12.6 Å². The Morgan fingerprint density at radius 3 is 2.75 bits per heavy atom. The fourth-order valence-electron chi connectivity index (χ4n) is 2.27. The Labute approximate surface area is 138 Å². The molecule has 7 heteroatoms. The molecule has 24 heavy (non-hydrogen) atoms. The quantitative estimate of drug-likeness (QED) is 0.674. The lowest BCUT2D eigenvalue weighted by Gasteiger charge is -2.10. The zero-order valence-corrected chi connectivity index (χ0v) is 13.4. The number of fused-ring (bicyclic) bond motifs is 1. The molecule has 0 unspecified atom stereocenters. The standard InChI is InChI=1S/C17H17FN4O2/c1-21(2)15-5-3-12(9-19-15)14-11-22-10-13(4-6-16(22)20-14)17(23)24-8-7-18/h3-6,9-11H,7-8H2,1-2H3. The summed E-state index contributed by atoms with van der Waals surface area (Å²) in [5, 5.41) is 0. The molecular weight excluding hydrogens is 311 g/mol. The van der Waals surface area contributed by atoms with Crippen LogP contribution in [0.5, 0.6) is 0 Å². The minimum atomic E-state index is -0.695. The van der Waals surface area contributed by atoms with Gasteiger partial charge in [-0.1, -0.05) is 0 Å². The molecule has 0 aliphatic rings. The van der Waals surface area contributed by atoms with Crippen molar-refractivity contribution in [1.82, 2.24) is 14.4 Å². The zero-order valence-electron chi connectivity index (χ0n) is 13.4. The molecule has 0 N–H and O–H groups in total. The smallest absolute Gasteiger partial charge is 0.339 e. The molecule has 0 saturated heterocycles. The Morgan fingerprint density at radius 1 is 1.25 bits per heavy atom. The van der Waals surface area contributed by atoms with Gasteiger partial charge in [0.05, 0.1) is 11.3 Å². The third-order valence-electron chi connectivity index (χ3n) is 3.50. The highest BCUT2D eigenvalue weighted by Gasteiger charge is 2.10. The summed E-state index contributed by atoms with van der Waals surface area (Å²) >= 11 is 0. The number of anilines is 1. The number of rotatable bonds is 5. The Bertz CT molecular complexity index is 859. The number of hydrogen-bond donors (Lipinski definition) is 0. The van der Waals surface area contributed by atoms with E-state index in [9.17, 15) is 9.18 Å². The van der Waals surface area contributed by atoms with Gasteiger partial charge in [-0.2, -0.15) is 0 Å². The molecule has 124 valence electrons. The summed E-state index contributed by atoms with van der Waals surface area (Å²) in [4.78, 5) is 22.6. The van der Waals surface area contributed by atoms with Gasteiger partial charge in [-0.25, -0.2) is 19.2 Å². The largest absolute Gasteiger partial charge is 0.459 e. The highest BCUT2D eigenvalue weighted by Crippen LogP contribution is 2.20. The van der Waals surface area contributed by atoms with Crippen molar-refractivity contribution in [3.05, 3.63) is 48.4 Å². The van der Waals surface area contributed by atoms with Gasteiger partial charge in [-0.15, -0.1) is 0 Å². The number of nitrogens with zero attached hydrogens (tertiary/aromatic N) is 4. The van der Waals surface area contributed by atoms with E-state index in [1.54, 1.807) is 28.9 Å². The maximum absolute atomic E-state index is 12.1. The third kappa shape index (κ3) is 3.19. The van der Waals surface area contributed by atoms with E-state index in [0.717, 1.165) is 17.1 Å². The molecule has 0 amide bonds. The Balaban J connectivity index is 1.89. The number of aromatic nitrogens is 3. The molecule has 0 saturated carbocycles. The van der Waals surface area contributed by atoms with Crippen LogP contribution in [0.4, 0.5) is 10.2 Å². The van der Waals surface area contributed by atoms with Crippen molar-refractivity contribution in [3.63, 3.8) is 0 Å². The first-order valence-corrected chi connectivity index (χ1v) is 7.44. The molecule has 0 aliphatic heterocycles. The fourth-order valence-corrected chi connectivity index (χ4v) is 2.27. The predicted octanol–water partition coefficient (Wildman–Crippen LogP) is 2.59. The van der Waals surface area contributed by atoms with E-state index in [1.165, 1.54) is 0 Å². The topological polar surface area (TPSA) is 59.7 Å². The van der Waals surface area contributed by atoms with E-state index in [2.05, 4.69) is 9.97 Å². The van der Waals surface area contributed by atoms with Crippen molar-refractivity contribution < 1.29 is 13.9 Å². The van der Waals surface area contributed by atoms with Gasteiger partial charge in [-0.05, 0) is 24.3 Å². The number of carbonyl (C=O) groups is 1. The molecule has 0 spiro atoms. The van der Waals surface area contributed by atoms with Gasteiger partial charge in [0.2, 0.25) is 0 Å². The van der Waals surface area contributed by atoms with Crippen LogP contribution in [-0.4, -0.2) is 47.7 Å². The number of pyridine rings is 2. The summed E-state index contributed by atoms with van der Waals surface area (Å²) in [6, 6.07) is 7.19. The van der Waals surface area contributed by atoms with Crippen LogP contribution in [0.15, 0.2) is 42.9 Å². The van der Waals surface area contributed by atoms with Crippen LogP contribution < -0.4 is 4.90 Å². The van der Waals surface area contributed by atoms with Crippen LogP contribution in [0, 0.1) is 0 Å². The van der Waals surface area contributed by atoms with E-state index in [4.69, 9.17) is 4.74 Å². The van der Waals surface area contributed by atoms with Gasteiger partial charge in [0.1, 0.15) is 24.7 Å². The molecule has 0 atom stereocenters. The van der Waals surface area contributed by atoms with Gasteiger partial charge >= 0.3 is 5.97 Å². The molecular formula is C17H17FN4O2. The lowest BCUT2D eigenvalue weighted by atomic mass is 10.2. The van der Waals surface area contributed by atoms with E-state index >= 15 is 0 Å². The van der Waals surface area contributed by atoms with Gasteiger partial charge in [-0.3, -0.25) is 0 Å². The molecule has 0 aliphatic carbocycles. The Hall–Kier alpha value is -2.96. The summed E-state index contributed by atoms with van der Waals surface area (Å²) in [6.45, 7) is -0.935. The second-order valence-corrected chi connectivity index (χ2v) is 5.43. The van der Waals surface area contributed by atoms with Gasteiger partial charge in [0.15, 0.2) is 0 Å². The molecule has 6 nitrogen and oxygen atoms in total. The molecule has 0 fully saturated rings. The highest BCUT2D eigenvalue weighted by molar-refractivity contribution is 5.89. The fraction of sp³-hybridized carbons (Fsp3) is 0.235. The minimum absolute atomic E-state index is 0.240. The van der Waals surface area contributed by atoms with Crippen molar-refractivity contribution in [2.24, 2.45) is 0 Å². The van der Waals surface area contributed by atoms with Crippen molar-refractivity contribution in [2.75, 3.05) is 32.3 Å². The van der Waals surface area contributed by atoms with Gasteiger partial charge < -0.3 is 14.0 Å². The number of ether oxygens (including phenoxy) is 1. The molecule has 0 radical (unpaired) electrons. The van der Waals surface area contributed by atoms with Crippen LogP contribution in [-0.2, 0) is 4.74 Å². The SMILES string of the molecule is CN(C)c1ccc(-c2cn3cc(C(=O)OCCF)ccc3n2)cn1. The molecule has 3 aromatic heterocycles. The van der Waals surface area contributed by atoms with E-state index in [0.29, 0.717) is 11.2 Å². The Morgan fingerprint density at radius 2 is 2.08 bits per heavy atom. The highest BCUT2D eigenvalue weighted by atomic mass is 19.1. The van der Waals surface area contributed by atoms with E-state index in [1.807, 2.05) is 37.3 Å². The lowest BCUT2D eigenvalue weighted by Crippen LogP contribution is -2.09. The number of alkyl halides is 1. The summed E-state index contributed by atoms with van der Waals surface area (Å²) in [7, 11) is 3.85. The minimum Gasteiger partial charge on any atom is -0.459 e. The molecule has 0 aromatic carbocycles. The monoisotopic (exact) mass is 328 g/mol. The van der Waals surface area contributed by atoms with Crippen LogP contribution >= 0.6 is 0 Å². The van der Waals surface area contributed by atoms with E-state index in [-0.39, 0.29) is 6.61 Å². The maximum Gasteiger partial charge on any atom is 0.339 e. The summed E-state index contributed by atoms with van der Waals surface area (Å²) in [5.41, 5.74) is 2.68. The number of esters is 1. The van der Waals surface area contributed by atoms with Crippen LogP contribution in [0.2, 0.25) is 0 Å². The average molecular weight is 328 g/mol. The van der Waals surface area contributed by atoms with Gasteiger partial charge in [0, 0.05) is 38.2 Å². The van der Waals surface area contributed by atoms with Crippen molar-refractivity contribution in [2.45, 2.75) is 0 Å². The summed E-state index contributed by atoms with van der Waals surface area (Å²) in [5.74, 6) is 0.308. The van der Waals surface area contributed by atoms with Crippen molar-refractivity contribution >= 4 is 17.4 Å². The second-order valence-electron chi connectivity index (χ2n) is 5.43. The lowest BCUT2D eigenvalue weighted by molar-refractivity contribution is 0.0480. The predicted molar refractivity (Wildman–Crippen MR) is 89.0 cm³/mol. The third-order valence-corrected chi connectivity index (χ3v) is 3.50. The first-order valence-electron chi connectivity index (χ1n) is 7.44. The van der Waals surface area contributed by atoms with Crippen LogP contribution in [0.25, 0.3) is 16.9 Å². The van der Waals surface area contributed by atoms with Crippen molar-refractivity contribution in [3.8, 4) is 11.3 Å². The van der Waals surface area contributed by atoms with Crippen LogP contribution in [0.3, 0.4) is 0 Å². The van der Waals surface area contributed by atoms with Gasteiger partial charge in [0.25, 0.3) is 0 Å². The number of imidazole rings is 1. The zero-order chi connectivity index (χ0) is 17.1. The maximum atomic E-state index is 12.1. The van der Waals surface area contributed by atoms with Crippen molar-refractivity contribution in [1.29, 1.82) is 0 Å². The molecule has 3 rings (SSSR count). The summed E-state index contributed by atoms with van der Waals surface area (Å²) < 4.78 is 18.6. The molecule has 3 aromatic rings. The Kier molecular flexibility index (Phi) is 4.41. The average Bonchev–Trinajstić information content (AvgIpc) is 3.02. The molecule has 3 heterocycles. The first-order chi connectivity index (χ1) is 11.6.